The Kier molecular flexibility index (Phi) is 7.08. The number of carbonyl (C=O) groups is 4. The lowest BCUT2D eigenvalue weighted by Crippen LogP contribution is -2.55. The van der Waals surface area contributed by atoms with Gasteiger partial charge in [-0.25, -0.2) is 0 Å². The first-order valence-electron chi connectivity index (χ1n) is 8.82. The minimum absolute atomic E-state index is 0.0201. The van der Waals surface area contributed by atoms with Crippen LogP contribution in [-0.4, -0.2) is 77.2 Å². The van der Waals surface area contributed by atoms with Gasteiger partial charge in [0, 0.05) is 43.9 Å². The van der Waals surface area contributed by atoms with Crippen LogP contribution in [0, 0.1) is 5.41 Å². The Morgan fingerprint density at radius 1 is 1.04 bits per heavy atom. The lowest BCUT2D eigenvalue weighted by molar-refractivity contribution is -0.156. The smallest absolute Gasteiger partial charge is 0.312 e. The molecule has 150 valence electrons. The normalized spacial score (nSPS) is 14.1. The fourth-order valence-corrected chi connectivity index (χ4v) is 2.75. The van der Waals surface area contributed by atoms with E-state index in [9.17, 15) is 19.2 Å². The Morgan fingerprint density at radius 2 is 1.57 bits per heavy atom. The molecule has 1 aliphatic rings. The molecule has 3 amide bonds. The van der Waals surface area contributed by atoms with Crippen molar-refractivity contribution >= 4 is 29.5 Å². The lowest BCUT2D eigenvalue weighted by atomic mass is 10.1. The molecule has 0 unspecified atom stereocenters. The first kappa shape index (κ1) is 20.9. The SMILES string of the molecule is N=C(N)c1ccc(C(=O)NCCCN2CCN(CCC(=O)O)C(=O)C2=O)cc1. The third-order valence-corrected chi connectivity index (χ3v) is 4.34. The Labute approximate surface area is 161 Å². The van der Waals surface area contributed by atoms with E-state index in [1.807, 2.05) is 0 Å². The zero-order valence-corrected chi connectivity index (χ0v) is 15.3. The maximum absolute atomic E-state index is 12.1. The second-order valence-corrected chi connectivity index (χ2v) is 6.33. The van der Waals surface area contributed by atoms with Crippen molar-refractivity contribution in [1.29, 1.82) is 5.41 Å². The topological polar surface area (TPSA) is 157 Å². The molecule has 1 fully saturated rings. The Bertz CT molecular complexity index is 777. The van der Waals surface area contributed by atoms with Crippen molar-refractivity contribution in [2.24, 2.45) is 5.73 Å². The molecule has 28 heavy (non-hydrogen) atoms. The number of nitrogens with two attached hydrogens (primary N) is 1. The van der Waals surface area contributed by atoms with Crippen LogP contribution < -0.4 is 11.1 Å². The van der Waals surface area contributed by atoms with Gasteiger partial charge in [-0.15, -0.1) is 0 Å². The summed E-state index contributed by atoms with van der Waals surface area (Å²) < 4.78 is 0. The van der Waals surface area contributed by atoms with Gasteiger partial charge in [-0.1, -0.05) is 12.1 Å². The summed E-state index contributed by atoms with van der Waals surface area (Å²) in [6.45, 7) is 1.30. The zero-order chi connectivity index (χ0) is 20.7. The summed E-state index contributed by atoms with van der Waals surface area (Å²) in [6, 6.07) is 6.33. The summed E-state index contributed by atoms with van der Waals surface area (Å²) in [5.41, 5.74) is 6.33. The van der Waals surface area contributed by atoms with Gasteiger partial charge in [0.25, 0.3) is 5.91 Å². The number of amides is 3. The quantitative estimate of drug-likeness (QED) is 0.188. The van der Waals surface area contributed by atoms with Crippen LogP contribution in [0.4, 0.5) is 0 Å². The summed E-state index contributed by atoms with van der Waals surface area (Å²) >= 11 is 0. The number of nitrogens with one attached hydrogen (secondary N) is 2. The second kappa shape index (κ2) is 9.49. The van der Waals surface area contributed by atoms with E-state index in [-0.39, 0.29) is 24.7 Å². The largest absolute Gasteiger partial charge is 0.481 e. The number of nitrogens with zero attached hydrogens (tertiary/aromatic N) is 2. The molecule has 2 rings (SSSR count). The minimum atomic E-state index is -1.02. The minimum Gasteiger partial charge on any atom is -0.481 e. The summed E-state index contributed by atoms with van der Waals surface area (Å²) in [6.07, 6.45) is 0.282. The van der Waals surface area contributed by atoms with E-state index in [1.54, 1.807) is 24.3 Å². The van der Waals surface area contributed by atoms with E-state index >= 15 is 0 Å². The first-order chi connectivity index (χ1) is 13.3. The van der Waals surface area contributed by atoms with E-state index in [0.717, 1.165) is 0 Å². The highest BCUT2D eigenvalue weighted by Crippen LogP contribution is 2.07. The number of carboxylic acid groups (broad SMARTS) is 1. The molecule has 1 aliphatic heterocycles. The van der Waals surface area contributed by atoms with Gasteiger partial charge >= 0.3 is 17.8 Å². The molecule has 10 heteroatoms. The molecular weight excluding hydrogens is 366 g/mol. The Balaban J connectivity index is 1.74. The van der Waals surface area contributed by atoms with Gasteiger partial charge in [0.05, 0.1) is 6.42 Å². The first-order valence-corrected chi connectivity index (χ1v) is 8.82. The van der Waals surface area contributed by atoms with Crippen LogP contribution in [0.25, 0.3) is 0 Å². The van der Waals surface area contributed by atoms with Crippen molar-refractivity contribution in [2.75, 3.05) is 32.7 Å². The van der Waals surface area contributed by atoms with Crippen LogP contribution in [0.2, 0.25) is 0 Å². The summed E-state index contributed by atoms with van der Waals surface area (Å²) in [5, 5.41) is 18.7. The van der Waals surface area contributed by atoms with Gasteiger partial charge in [-0.05, 0) is 18.6 Å². The Hall–Kier alpha value is -3.43. The number of piperazine rings is 1. The Morgan fingerprint density at radius 3 is 2.11 bits per heavy atom. The van der Waals surface area contributed by atoms with Crippen LogP contribution in [0.3, 0.4) is 0 Å². The summed E-state index contributed by atoms with van der Waals surface area (Å²) in [5.74, 6) is -2.72. The van der Waals surface area contributed by atoms with Gasteiger partial charge in [-0.2, -0.15) is 0 Å². The van der Waals surface area contributed by atoms with Crippen molar-refractivity contribution in [3.8, 4) is 0 Å². The molecule has 5 N–H and O–H groups in total. The van der Waals surface area contributed by atoms with E-state index in [2.05, 4.69) is 5.32 Å². The highest BCUT2D eigenvalue weighted by Gasteiger charge is 2.32. The van der Waals surface area contributed by atoms with Crippen molar-refractivity contribution in [2.45, 2.75) is 12.8 Å². The molecule has 0 aromatic heterocycles. The van der Waals surface area contributed by atoms with E-state index in [1.165, 1.54) is 9.80 Å². The highest BCUT2D eigenvalue weighted by molar-refractivity contribution is 6.35. The average molecular weight is 389 g/mol. The molecule has 1 saturated heterocycles. The summed E-state index contributed by atoms with van der Waals surface area (Å²) in [7, 11) is 0. The molecular formula is C18H23N5O5. The number of carboxylic acids is 1. The van der Waals surface area contributed by atoms with Crippen LogP contribution in [0.5, 0.6) is 0 Å². The third-order valence-electron chi connectivity index (χ3n) is 4.34. The van der Waals surface area contributed by atoms with Gasteiger partial charge in [-0.3, -0.25) is 24.6 Å². The number of aliphatic carboxylic acids is 1. The van der Waals surface area contributed by atoms with Crippen molar-refractivity contribution in [3.63, 3.8) is 0 Å². The number of hydrogen-bond donors (Lipinski definition) is 4. The fraction of sp³-hybridized carbons (Fsp3) is 0.389. The van der Waals surface area contributed by atoms with Gasteiger partial charge in [0.15, 0.2) is 0 Å². The molecule has 0 radical (unpaired) electrons. The second-order valence-electron chi connectivity index (χ2n) is 6.33. The van der Waals surface area contributed by atoms with Crippen LogP contribution in [-0.2, 0) is 14.4 Å². The number of amidine groups is 1. The number of nitrogen functional groups attached to an aromatic ring is 1. The molecule has 0 bridgehead atoms. The van der Waals surface area contributed by atoms with Crippen LogP contribution in [0.1, 0.15) is 28.8 Å². The van der Waals surface area contributed by atoms with Crippen molar-refractivity contribution < 1.29 is 24.3 Å². The molecule has 0 atom stereocenters. The molecule has 0 saturated carbocycles. The molecule has 1 aromatic rings. The zero-order valence-electron chi connectivity index (χ0n) is 15.3. The number of hydrogen-bond acceptors (Lipinski definition) is 5. The fourth-order valence-electron chi connectivity index (χ4n) is 2.75. The maximum Gasteiger partial charge on any atom is 0.312 e. The predicted molar refractivity (Wildman–Crippen MR) is 99.8 cm³/mol. The van der Waals surface area contributed by atoms with E-state index in [0.29, 0.717) is 43.7 Å². The lowest BCUT2D eigenvalue weighted by Gasteiger charge is -2.33. The summed E-state index contributed by atoms with van der Waals surface area (Å²) in [4.78, 5) is 49.4. The van der Waals surface area contributed by atoms with E-state index in [4.69, 9.17) is 16.2 Å². The number of benzene rings is 1. The monoisotopic (exact) mass is 389 g/mol. The standard InChI is InChI=1S/C18H23N5O5/c19-15(20)12-2-4-13(5-3-12)16(26)21-7-1-8-22-10-11-23(9-6-14(24)25)18(28)17(22)27/h2-5H,1,6-11H2,(H3,19,20)(H,21,26)(H,24,25). The van der Waals surface area contributed by atoms with Gasteiger partial charge in [0.2, 0.25) is 0 Å². The maximum atomic E-state index is 12.1. The molecule has 10 nitrogen and oxygen atoms in total. The average Bonchev–Trinajstić information content (AvgIpc) is 2.67. The van der Waals surface area contributed by atoms with Gasteiger partial charge in [0.1, 0.15) is 5.84 Å². The highest BCUT2D eigenvalue weighted by atomic mass is 16.4. The molecule has 1 heterocycles. The van der Waals surface area contributed by atoms with Crippen LogP contribution in [0.15, 0.2) is 24.3 Å². The molecule has 1 aromatic carbocycles. The van der Waals surface area contributed by atoms with Crippen molar-refractivity contribution in [1.82, 2.24) is 15.1 Å². The van der Waals surface area contributed by atoms with Crippen LogP contribution >= 0.6 is 0 Å². The number of carbonyl (C=O) groups excluding carboxylic acids is 3. The molecule has 0 spiro atoms. The molecule has 0 aliphatic carbocycles. The van der Waals surface area contributed by atoms with E-state index < -0.39 is 17.8 Å². The third kappa shape index (κ3) is 5.53. The predicted octanol–water partition coefficient (Wildman–Crippen LogP) is -0.764. The van der Waals surface area contributed by atoms with Gasteiger partial charge < -0.3 is 26.0 Å². The van der Waals surface area contributed by atoms with Crippen molar-refractivity contribution in [3.05, 3.63) is 35.4 Å². The number of rotatable bonds is 9.